The molecule has 10 heteroatoms. The summed E-state index contributed by atoms with van der Waals surface area (Å²) in [4.78, 5) is 32.0. The summed E-state index contributed by atoms with van der Waals surface area (Å²) in [5.74, 6) is -0.0581. The molecule has 1 saturated heterocycles. The zero-order chi connectivity index (χ0) is 27.2. The number of hydrogen-bond acceptors (Lipinski definition) is 6. The average Bonchev–Trinajstić information content (AvgIpc) is 3.20. The predicted octanol–water partition coefficient (Wildman–Crippen LogP) is 6.55. The second-order valence-corrected chi connectivity index (χ2v) is 10.1. The van der Waals surface area contributed by atoms with Gasteiger partial charge >= 0.3 is 0 Å². The van der Waals surface area contributed by atoms with E-state index in [1.54, 1.807) is 35.2 Å². The number of amidine groups is 1. The number of methoxy groups -OCH3 is 1. The summed E-state index contributed by atoms with van der Waals surface area (Å²) in [6, 6.07) is 16.7. The average molecular weight is 598 g/mol. The van der Waals surface area contributed by atoms with Crippen molar-refractivity contribution in [3.63, 3.8) is 0 Å². The van der Waals surface area contributed by atoms with Crippen molar-refractivity contribution in [3.05, 3.63) is 87.0 Å². The van der Waals surface area contributed by atoms with Crippen molar-refractivity contribution in [1.29, 1.82) is 0 Å². The number of carbonyl (C=O) groups is 2. The van der Waals surface area contributed by atoms with Gasteiger partial charge in [0, 0.05) is 16.7 Å². The fraction of sp³-hybridized carbons (Fsp3) is 0.179. The molecule has 1 fully saturated rings. The third-order valence-corrected chi connectivity index (χ3v) is 7.21. The van der Waals surface area contributed by atoms with E-state index in [0.717, 1.165) is 5.56 Å². The maximum absolute atomic E-state index is 13.3. The molecule has 0 aliphatic carbocycles. The van der Waals surface area contributed by atoms with Gasteiger partial charge in [-0.1, -0.05) is 33.6 Å². The molecule has 1 N–H and O–H groups in total. The Balaban J connectivity index is 1.51. The number of amides is 2. The molecule has 0 aromatic heterocycles. The maximum Gasteiger partial charge on any atom is 0.266 e. The third kappa shape index (κ3) is 6.62. The first-order valence-corrected chi connectivity index (χ1v) is 13.3. The van der Waals surface area contributed by atoms with Crippen molar-refractivity contribution in [2.75, 3.05) is 25.6 Å². The van der Waals surface area contributed by atoms with Crippen molar-refractivity contribution in [2.24, 2.45) is 4.99 Å². The number of anilines is 1. The van der Waals surface area contributed by atoms with E-state index in [1.807, 2.05) is 38.1 Å². The molecular weight excluding hydrogens is 573 g/mol. The van der Waals surface area contributed by atoms with Crippen LogP contribution < -0.4 is 14.8 Å². The van der Waals surface area contributed by atoms with Crippen molar-refractivity contribution in [2.45, 2.75) is 13.8 Å². The molecule has 1 aliphatic heterocycles. The van der Waals surface area contributed by atoms with Crippen LogP contribution in [0.5, 0.6) is 11.5 Å². The minimum absolute atomic E-state index is 0.183. The summed E-state index contributed by atoms with van der Waals surface area (Å²) in [5, 5.41) is 3.30. The van der Waals surface area contributed by atoms with Gasteiger partial charge in [0.2, 0.25) is 0 Å². The van der Waals surface area contributed by atoms with Crippen LogP contribution in [0.4, 0.5) is 15.8 Å². The molecule has 3 aromatic carbocycles. The predicted molar refractivity (Wildman–Crippen MR) is 152 cm³/mol. The largest absolute Gasteiger partial charge is 0.493 e. The number of thioether (sulfide) groups is 1. The van der Waals surface area contributed by atoms with Crippen LogP contribution in [-0.4, -0.2) is 42.1 Å². The van der Waals surface area contributed by atoms with Gasteiger partial charge in [0.1, 0.15) is 5.82 Å². The van der Waals surface area contributed by atoms with Crippen LogP contribution in [0.25, 0.3) is 6.08 Å². The molecule has 0 radical (unpaired) electrons. The Morgan fingerprint density at radius 3 is 2.50 bits per heavy atom. The van der Waals surface area contributed by atoms with Crippen LogP contribution in [0.1, 0.15) is 18.1 Å². The summed E-state index contributed by atoms with van der Waals surface area (Å²) in [6.45, 7) is 4.06. The second kappa shape index (κ2) is 12.3. The first-order chi connectivity index (χ1) is 18.3. The number of nitrogens with zero attached hydrogens (tertiary/aromatic N) is 2. The van der Waals surface area contributed by atoms with Crippen LogP contribution in [-0.2, 0) is 9.59 Å². The SMILES string of the molecule is CCN1C(=O)/C(=C\c2cc(OC)c(OCC(=O)Nc3ccc(C)cc3)cc2Br)SC1=Nc1ccc(F)cc1. The Bertz CT molecular complexity index is 1410. The van der Waals surface area contributed by atoms with Gasteiger partial charge in [-0.3, -0.25) is 14.5 Å². The lowest BCUT2D eigenvalue weighted by Gasteiger charge is -2.13. The fourth-order valence-electron chi connectivity index (χ4n) is 3.55. The molecule has 3 aromatic rings. The van der Waals surface area contributed by atoms with Crippen LogP contribution in [0, 0.1) is 12.7 Å². The Morgan fingerprint density at radius 1 is 1.13 bits per heavy atom. The molecule has 38 heavy (non-hydrogen) atoms. The van der Waals surface area contributed by atoms with Crippen molar-refractivity contribution in [1.82, 2.24) is 4.90 Å². The zero-order valence-corrected chi connectivity index (χ0v) is 23.4. The van der Waals surface area contributed by atoms with Gasteiger partial charge in [-0.25, -0.2) is 9.38 Å². The summed E-state index contributed by atoms with van der Waals surface area (Å²) >= 11 is 4.77. The number of halogens is 2. The molecule has 196 valence electrons. The standard InChI is InChI=1S/C28H25BrFN3O4S/c1-4-33-27(35)25(38-28(33)32-21-11-7-19(30)8-12-21)14-18-13-23(36-3)24(15-22(18)29)37-16-26(34)31-20-9-5-17(2)6-10-20/h5-15H,4,16H2,1-3H3,(H,31,34)/b25-14+,32-28?. The topological polar surface area (TPSA) is 80.2 Å². The van der Waals surface area contributed by atoms with Crippen molar-refractivity contribution in [3.8, 4) is 11.5 Å². The number of ether oxygens (including phenoxy) is 2. The monoisotopic (exact) mass is 597 g/mol. The molecule has 7 nitrogen and oxygen atoms in total. The van der Waals surface area contributed by atoms with Crippen LogP contribution >= 0.6 is 27.7 Å². The summed E-state index contributed by atoms with van der Waals surface area (Å²) in [5.41, 5.74) is 3.02. The molecule has 1 aliphatic rings. The van der Waals surface area contributed by atoms with E-state index in [4.69, 9.17) is 9.47 Å². The van der Waals surface area contributed by atoms with Crippen LogP contribution in [0.3, 0.4) is 0 Å². The van der Waals surface area contributed by atoms with E-state index >= 15 is 0 Å². The Kier molecular flexibility index (Phi) is 8.85. The molecule has 0 atom stereocenters. The summed E-state index contributed by atoms with van der Waals surface area (Å²) in [6.07, 6.45) is 1.74. The smallest absolute Gasteiger partial charge is 0.266 e. The highest BCUT2D eigenvalue weighted by atomic mass is 79.9. The van der Waals surface area contributed by atoms with Gasteiger partial charge in [-0.05, 0) is 85.8 Å². The molecule has 0 unspecified atom stereocenters. The molecule has 4 rings (SSSR count). The molecule has 0 saturated carbocycles. The summed E-state index contributed by atoms with van der Waals surface area (Å²) in [7, 11) is 1.50. The highest BCUT2D eigenvalue weighted by Gasteiger charge is 2.32. The van der Waals surface area contributed by atoms with Gasteiger partial charge < -0.3 is 14.8 Å². The van der Waals surface area contributed by atoms with E-state index in [1.165, 1.54) is 31.0 Å². The maximum atomic E-state index is 13.3. The van der Waals surface area contributed by atoms with E-state index in [-0.39, 0.29) is 24.2 Å². The molecular formula is C28H25BrFN3O4S. The molecule has 0 bridgehead atoms. The highest BCUT2D eigenvalue weighted by Crippen LogP contribution is 2.38. The van der Waals surface area contributed by atoms with Gasteiger partial charge in [-0.15, -0.1) is 0 Å². The minimum atomic E-state index is -0.352. The van der Waals surface area contributed by atoms with Crippen LogP contribution in [0.15, 0.2) is 75.0 Å². The van der Waals surface area contributed by atoms with Gasteiger partial charge in [0.15, 0.2) is 23.3 Å². The van der Waals surface area contributed by atoms with Crippen molar-refractivity contribution < 1.29 is 23.5 Å². The van der Waals surface area contributed by atoms with Crippen LogP contribution in [0.2, 0.25) is 0 Å². The number of carbonyl (C=O) groups excluding carboxylic acids is 2. The van der Waals surface area contributed by atoms with E-state index in [2.05, 4.69) is 26.2 Å². The summed E-state index contributed by atoms with van der Waals surface area (Å²) < 4.78 is 25.1. The number of benzene rings is 3. The first kappa shape index (κ1) is 27.4. The molecule has 1 heterocycles. The Labute approximate surface area is 232 Å². The van der Waals surface area contributed by atoms with E-state index in [9.17, 15) is 14.0 Å². The number of rotatable bonds is 8. The number of hydrogen-bond donors (Lipinski definition) is 1. The number of aryl methyl sites for hydroxylation is 1. The second-order valence-electron chi connectivity index (χ2n) is 8.26. The van der Waals surface area contributed by atoms with Gasteiger partial charge in [-0.2, -0.15) is 0 Å². The lowest BCUT2D eigenvalue weighted by Crippen LogP contribution is -2.28. The molecule has 0 spiro atoms. The third-order valence-electron chi connectivity index (χ3n) is 5.52. The molecule has 2 amide bonds. The van der Waals surface area contributed by atoms with E-state index < -0.39 is 0 Å². The minimum Gasteiger partial charge on any atom is -0.493 e. The van der Waals surface area contributed by atoms with E-state index in [0.29, 0.717) is 49.5 Å². The quantitative estimate of drug-likeness (QED) is 0.298. The van der Waals surface area contributed by atoms with Gasteiger partial charge in [0.25, 0.3) is 11.8 Å². The zero-order valence-electron chi connectivity index (χ0n) is 21.0. The van der Waals surface area contributed by atoms with Gasteiger partial charge in [0.05, 0.1) is 17.7 Å². The highest BCUT2D eigenvalue weighted by molar-refractivity contribution is 9.10. The number of aliphatic imine (C=N–C) groups is 1. The first-order valence-electron chi connectivity index (χ1n) is 11.7. The van der Waals surface area contributed by atoms with Crippen molar-refractivity contribution >= 4 is 62.1 Å². The Morgan fingerprint density at radius 2 is 1.84 bits per heavy atom. The fourth-order valence-corrected chi connectivity index (χ4v) is 5.04. The normalized spacial score (nSPS) is 15.3. The number of likely N-dealkylation sites (N-methyl/N-ethyl adjacent to an activating group) is 1. The number of nitrogens with one attached hydrogen (secondary N) is 1. The Hall–Kier alpha value is -3.63. The lowest BCUT2D eigenvalue weighted by molar-refractivity contribution is -0.122. The lowest BCUT2D eigenvalue weighted by atomic mass is 10.2.